The summed E-state index contributed by atoms with van der Waals surface area (Å²) in [6.07, 6.45) is 2.84. The van der Waals surface area contributed by atoms with E-state index in [4.69, 9.17) is 4.74 Å². The van der Waals surface area contributed by atoms with E-state index in [1.54, 1.807) is 19.3 Å². The minimum absolute atomic E-state index is 0.153. The standard InChI is InChI=1S/C17H27FN2O/c1-5-9-19-14(3)15-7-8-17(16(18)13-15)20(10-6-2)11-12-21-4/h6-8,13-14,19H,2,5,9-12H2,1,3-4H3. The average Bonchev–Trinajstić information content (AvgIpc) is 2.49. The first-order valence-electron chi connectivity index (χ1n) is 7.51. The highest BCUT2D eigenvalue weighted by Crippen LogP contribution is 2.23. The molecule has 0 aliphatic heterocycles. The maximum absolute atomic E-state index is 14.4. The van der Waals surface area contributed by atoms with Crippen LogP contribution in [0.1, 0.15) is 31.9 Å². The van der Waals surface area contributed by atoms with E-state index >= 15 is 0 Å². The molecule has 0 fully saturated rings. The van der Waals surface area contributed by atoms with Gasteiger partial charge in [-0.05, 0) is 37.6 Å². The number of methoxy groups -OCH3 is 1. The van der Waals surface area contributed by atoms with Crippen LogP contribution in [0.5, 0.6) is 0 Å². The van der Waals surface area contributed by atoms with Crippen LogP contribution in [0.4, 0.5) is 10.1 Å². The van der Waals surface area contributed by atoms with Gasteiger partial charge >= 0.3 is 0 Å². The van der Waals surface area contributed by atoms with Crippen molar-refractivity contribution in [3.05, 3.63) is 42.2 Å². The van der Waals surface area contributed by atoms with Crippen molar-refractivity contribution in [2.45, 2.75) is 26.3 Å². The van der Waals surface area contributed by atoms with Crippen molar-refractivity contribution < 1.29 is 9.13 Å². The van der Waals surface area contributed by atoms with Crippen molar-refractivity contribution in [1.82, 2.24) is 5.32 Å². The third kappa shape index (κ3) is 5.48. The minimum atomic E-state index is -0.199. The number of hydrogen-bond donors (Lipinski definition) is 1. The minimum Gasteiger partial charge on any atom is -0.383 e. The fourth-order valence-corrected chi connectivity index (χ4v) is 2.20. The Morgan fingerprint density at radius 1 is 1.48 bits per heavy atom. The molecular formula is C17H27FN2O. The summed E-state index contributed by atoms with van der Waals surface area (Å²) in [4.78, 5) is 1.93. The lowest BCUT2D eigenvalue weighted by atomic mass is 10.1. The van der Waals surface area contributed by atoms with E-state index in [0.717, 1.165) is 18.5 Å². The van der Waals surface area contributed by atoms with Crippen molar-refractivity contribution in [3.63, 3.8) is 0 Å². The predicted octanol–water partition coefficient (Wildman–Crippen LogP) is 3.53. The van der Waals surface area contributed by atoms with Crippen LogP contribution < -0.4 is 10.2 Å². The van der Waals surface area contributed by atoms with Gasteiger partial charge in [0.15, 0.2) is 0 Å². The summed E-state index contributed by atoms with van der Waals surface area (Å²) < 4.78 is 19.5. The molecule has 1 aromatic carbocycles. The largest absolute Gasteiger partial charge is 0.383 e. The number of rotatable bonds is 10. The van der Waals surface area contributed by atoms with Crippen molar-refractivity contribution in [1.29, 1.82) is 0 Å². The maximum Gasteiger partial charge on any atom is 0.146 e. The van der Waals surface area contributed by atoms with Crippen LogP contribution >= 0.6 is 0 Å². The zero-order chi connectivity index (χ0) is 15.7. The van der Waals surface area contributed by atoms with Gasteiger partial charge in [0, 0.05) is 26.2 Å². The van der Waals surface area contributed by atoms with Gasteiger partial charge in [-0.1, -0.05) is 19.1 Å². The summed E-state index contributed by atoms with van der Waals surface area (Å²) in [5, 5.41) is 3.37. The van der Waals surface area contributed by atoms with Crippen molar-refractivity contribution in [2.24, 2.45) is 0 Å². The van der Waals surface area contributed by atoms with Gasteiger partial charge in [0.1, 0.15) is 5.82 Å². The Morgan fingerprint density at radius 3 is 2.81 bits per heavy atom. The second kappa shape index (κ2) is 9.53. The molecule has 0 aliphatic rings. The van der Waals surface area contributed by atoms with Gasteiger partial charge in [0.05, 0.1) is 12.3 Å². The normalized spacial score (nSPS) is 12.2. The summed E-state index contributed by atoms with van der Waals surface area (Å²) in [6.45, 7) is 10.6. The predicted molar refractivity (Wildman–Crippen MR) is 87.4 cm³/mol. The molecule has 0 heterocycles. The van der Waals surface area contributed by atoms with Gasteiger partial charge < -0.3 is 15.0 Å². The summed E-state index contributed by atoms with van der Waals surface area (Å²) >= 11 is 0. The summed E-state index contributed by atoms with van der Waals surface area (Å²) in [7, 11) is 1.65. The van der Waals surface area contributed by atoms with Crippen LogP contribution in [0.3, 0.4) is 0 Å². The third-order valence-electron chi connectivity index (χ3n) is 3.43. The number of anilines is 1. The van der Waals surface area contributed by atoms with Gasteiger partial charge in [-0.25, -0.2) is 4.39 Å². The van der Waals surface area contributed by atoms with E-state index < -0.39 is 0 Å². The topological polar surface area (TPSA) is 24.5 Å². The number of nitrogens with zero attached hydrogens (tertiary/aromatic N) is 1. The van der Waals surface area contributed by atoms with Gasteiger partial charge in [-0.15, -0.1) is 6.58 Å². The first-order chi connectivity index (χ1) is 10.1. The highest BCUT2D eigenvalue weighted by Gasteiger charge is 2.13. The van der Waals surface area contributed by atoms with Crippen molar-refractivity contribution in [3.8, 4) is 0 Å². The molecular weight excluding hydrogens is 267 g/mol. The Bertz CT molecular complexity index is 437. The van der Waals surface area contributed by atoms with Gasteiger partial charge in [0.2, 0.25) is 0 Å². The Morgan fingerprint density at radius 2 is 2.24 bits per heavy atom. The molecule has 0 bridgehead atoms. The molecule has 0 saturated carbocycles. The Balaban J connectivity index is 2.86. The number of benzene rings is 1. The summed E-state index contributed by atoms with van der Waals surface area (Å²) in [5.41, 5.74) is 1.56. The second-order valence-electron chi connectivity index (χ2n) is 5.11. The van der Waals surface area contributed by atoms with Crippen LogP contribution in [-0.4, -0.2) is 33.4 Å². The SMILES string of the molecule is C=CCN(CCOC)c1ccc(C(C)NCCC)cc1F. The molecule has 21 heavy (non-hydrogen) atoms. The molecule has 1 unspecified atom stereocenters. The van der Waals surface area contributed by atoms with E-state index in [-0.39, 0.29) is 11.9 Å². The lowest BCUT2D eigenvalue weighted by Gasteiger charge is -2.24. The highest BCUT2D eigenvalue weighted by atomic mass is 19.1. The number of halogens is 1. The summed E-state index contributed by atoms with van der Waals surface area (Å²) in [5.74, 6) is -0.199. The van der Waals surface area contributed by atoms with Crippen molar-refractivity contribution >= 4 is 5.69 Å². The van der Waals surface area contributed by atoms with Crippen LogP contribution in [0, 0.1) is 5.82 Å². The van der Waals surface area contributed by atoms with Crippen LogP contribution in [0.25, 0.3) is 0 Å². The molecule has 1 aromatic rings. The molecule has 0 radical (unpaired) electrons. The van der Waals surface area contributed by atoms with Crippen LogP contribution in [-0.2, 0) is 4.74 Å². The monoisotopic (exact) mass is 294 g/mol. The lowest BCUT2D eigenvalue weighted by Crippen LogP contribution is -2.28. The van der Waals surface area contributed by atoms with Crippen LogP contribution in [0.15, 0.2) is 30.9 Å². The average molecular weight is 294 g/mol. The van der Waals surface area contributed by atoms with Gasteiger partial charge in [-0.2, -0.15) is 0 Å². The molecule has 0 saturated heterocycles. The molecule has 0 spiro atoms. The van der Waals surface area contributed by atoms with E-state index in [9.17, 15) is 4.39 Å². The first kappa shape index (κ1) is 17.7. The molecule has 118 valence electrons. The van der Waals surface area contributed by atoms with Crippen LogP contribution in [0.2, 0.25) is 0 Å². The molecule has 1 atom stereocenters. The molecule has 0 aliphatic carbocycles. The molecule has 1 N–H and O–H groups in total. The molecule has 1 rings (SSSR count). The first-order valence-corrected chi connectivity index (χ1v) is 7.51. The Kier molecular flexibility index (Phi) is 8.01. The van der Waals surface area contributed by atoms with Crippen molar-refractivity contribution in [2.75, 3.05) is 38.3 Å². The smallest absolute Gasteiger partial charge is 0.146 e. The maximum atomic E-state index is 14.4. The molecule has 4 heteroatoms. The van der Waals surface area contributed by atoms with E-state index in [1.165, 1.54) is 0 Å². The zero-order valence-corrected chi connectivity index (χ0v) is 13.4. The Hall–Kier alpha value is -1.39. The lowest BCUT2D eigenvalue weighted by molar-refractivity contribution is 0.205. The second-order valence-corrected chi connectivity index (χ2v) is 5.11. The number of ether oxygens (including phenoxy) is 1. The molecule has 3 nitrogen and oxygen atoms in total. The summed E-state index contributed by atoms with van der Waals surface area (Å²) in [6, 6.07) is 5.59. The van der Waals surface area contributed by atoms with Gasteiger partial charge in [0.25, 0.3) is 0 Å². The van der Waals surface area contributed by atoms with E-state index in [2.05, 4.69) is 25.7 Å². The highest BCUT2D eigenvalue weighted by molar-refractivity contribution is 5.50. The van der Waals surface area contributed by atoms with E-state index in [0.29, 0.717) is 25.4 Å². The third-order valence-corrected chi connectivity index (χ3v) is 3.43. The van der Waals surface area contributed by atoms with E-state index in [1.807, 2.05) is 17.0 Å². The fraction of sp³-hybridized carbons (Fsp3) is 0.529. The van der Waals surface area contributed by atoms with Gasteiger partial charge in [-0.3, -0.25) is 0 Å². The fourth-order valence-electron chi connectivity index (χ4n) is 2.20. The number of nitrogens with one attached hydrogen (secondary N) is 1. The zero-order valence-electron chi connectivity index (χ0n) is 13.4. The Labute approximate surface area is 127 Å². The molecule has 0 amide bonds. The number of hydrogen-bond acceptors (Lipinski definition) is 3. The quantitative estimate of drug-likeness (QED) is 0.668. The molecule has 0 aromatic heterocycles.